The summed E-state index contributed by atoms with van der Waals surface area (Å²) in [4.78, 5) is 53.4. The number of nitrogens with two attached hydrogens (primary N) is 1. The number of fused-ring (bicyclic) bond motifs is 7. The molecule has 5 heterocycles. The highest BCUT2D eigenvalue weighted by atomic mass is 16.8. The number of ether oxygens (including phenoxy) is 12. The Morgan fingerprint density at radius 2 is 1.44 bits per heavy atom. The van der Waals surface area contributed by atoms with Crippen molar-refractivity contribution in [3.63, 3.8) is 0 Å². The maximum absolute atomic E-state index is 13.7. The normalized spacial score (nSPS) is 33.3. The zero-order valence-electron chi connectivity index (χ0n) is 44.9. The number of phenolic OH excluding ortho intramolecular Hbond substituents is 3. The van der Waals surface area contributed by atoms with Crippen LogP contribution in [0.3, 0.4) is 0 Å². The first-order valence-corrected chi connectivity index (χ1v) is 26.6. The molecule has 0 bridgehead atoms. The van der Waals surface area contributed by atoms with Gasteiger partial charge in [0.2, 0.25) is 18.3 Å². The van der Waals surface area contributed by atoms with Crippen LogP contribution in [0.5, 0.6) is 46.0 Å². The van der Waals surface area contributed by atoms with Crippen LogP contribution in [0.25, 0.3) is 0 Å². The molecule has 4 saturated heterocycles. The molecule has 5 aliphatic heterocycles. The highest BCUT2D eigenvalue weighted by Crippen LogP contribution is 2.58. The number of ketones is 3. The number of esters is 1. The zero-order chi connectivity index (χ0) is 57.7. The first-order chi connectivity index (χ1) is 38.7. The van der Waals surface area contributed by atoms with Gasteiger partial charge in [0.15, 0.2) is 53.4 Å². The summed E-state index contributed by atoms with van der Waals surface area (Å²) in [6.45, 7) is 5.12. The van der Waals surface area contributed by atoms with E-state index in [-0.39, 0.29) is 84.5 Å². The largest absolute Gasteiger partial charge is 0.507 e. The standard InChI is InChI=1S/C29H32O13.C28H31NO10/c1-11-36-9-20-27(40-11)24(31)25(32)29(41-20)42-26-14-7-17-16(38-10-39-17)6-13(14)21(22-15(26)8-37-28(22)33)12-4-18(34-2)23(30)19(5-12)35-3;1-4-17(30)28(36)9-13-20(16(10-28)39-18-8-14(29)23(31)11(2)38-18)27(35)22-21(25(13)33)24(32)12-6-5-7-15(37-3)19(12)26(22)34/h4-7,11,15,20-22,24-27,29-32H,8-10H2,1-3H3;5-7,11,14,16,18,23,31,33,35-36H,4,8-10,29H2,1-3H3/t11-,15+,20-,21-,22+,24-,25-,26-,27-,29+;11-,14-,16-,18-,23+,28-/m10/s1. The maximum atomic E-state index is 13.7. The Morgan fingerprint density at radius 1 is 0.765 bits per heavy atom. The molecule has 434 valence electrons. The Kier molecular flexibility index (Phi) is 15.0. The highest BCUT2D eigenvalue weighted by molar-refractivity contribution is 6.31. The molecule has 4 aromatic carbocycles. The quantitative estimate of drug-likeness (QED) is 0.0736. The Labute approximate surface area is 463 Å². The van der Waals surface area contributed by atoms with Crippen molar-refractivity contribution in [2.24, 2.45) is 17.6 Å². The Hall–Kier alpha value is -6.68. The van der Waals surface area contributed by atoms with Crippen molar-refractivity contribution in [1.29, 1.82) is 0 Å². The molecule has 0 amide bonds. The second kappa shape index (κ2) is 21.6. The van der Waals surface area contributed by atoms with E-state index >= 15 is 0 Å². The molecule has 0 aromatic heterocycles. The average Bonchev–Trinajstić information content (AvgIpc) is 3.02. The number of phenols is 3. The van der Waals surface area contributed by atoms with Crippen molar-refractivity contribution in [1.82, 2.24) is 0 Å². The molecule has 3 aliphatic carbocycles. The molecule has 4 fully saturated rings. The predicted octanol–water partition coefficient (Wildman–Crippen LogP) is 2.76. The monoisotopic (exact) mass is 1130 g/mol. The fourth-order valence-electron chi connectivity index (χ4n) is 12.7. The minimum atomic E-state index is -1.99. The molecule has 8 aliphatic rings. The number of carbonyl (C=O) groups is 4. The van der Waals surface area contributed by atoms with Gasteiger partial charge in [-0.2, -0.15) is 0 Å². The van der Waals surface area contributed by atoms with E-state index in [0.29, 0.717) is 28.2 Å². The number of hydrogen-bond acceptors (Lipinski definition) is 24. The van der Waals surface area contributed by atoms with E-state index < -0.39 is 149 Å². The predicted molar refractivity (Wildman–Crippen MR) is 273 cm³/mol. The van der Waals surface area contributed by atoms with E-state index in [2.05, 4.69) is 0 Å². The SMILES string of the molecule is CCC(=O)[C@]1(O)Cc2c(O)c3c(c(O)c2[C@@H](O[C@H]2C[C@H](N)[C@H](O)[C@H](C)O2)C1)C(=O)c1c(OC)cccc1C3=O.COc1cc([C@@H]2c3cc4c(cc3[C@@H](O[C@@H]3O[C@@H]5CO[C@@H](C)O[C@H]5[C@H](O)[C@H]3O)[C@H]3COC(=O)[C@H]23)OCO4)cc(OC)c1O. The van der Waals surface area contributed by atoms with Gasteiger partial charge in [-0.3, -0.25) is 19.2 Å². The van der Waals surface area contributed by atoms with Gasteiger partial charge in [0.1, 0.15) is 47.3 Å². The van der Waals surface area contributed by atoms with Crippen LogP contribution in [-0.4, -0.2) is 168 Å². The lowest BCUT2D eigenvalue weighted by molar-refractivity contribution is -0.364. The minimum Gasteiger partial charge on any atom is -0.507 e. The molecule has 81 heavy (non-hydrogen) atoms. The molecule has 0 saturated carbocycles. The first-order valence-electron chi connectivity index (χ1n) is 26.6. The van der Waals surface area contributed by atoms with Gasteiger partial charge in [0.05, 0.1) is 81.6 Å². The number of benzene rings is 4. The van der Waals surface area contributed by atoms with Crippen LogP contribution in [0.4, 0.5) is 0 Å². The third-order valence-electron chi connectivity index (χ3n) is 16.7. The Morgan fingerprint density at radius 3 is 2.11 bits per heavy atom. The van der Waals surface area contributed by atoms with Crippen LogP contribution in [0.15, 0.2) is 42.5 Å². The summed E-state index contributed by atoms with van der Waals surface area (Å²) in [6, 6.07) is 10.7. The van der Waals surface area contributed by atoms with Gasteiger partial charge in [0.25, 0.3) is 0 Å². The molecule has 0 unspecified atom stereocenters. The third-order valence-corrected chi connectivity index (χ3v) is 16.7. The van der Waals surface area contributed by atoms with Crippen LogP contribution in [0.1, 0.15) is 118 Å². The number of aliphatic hydroxyl groups is 4. The molecule has 4 aromatic rings. The second-order valence-corrected chi connectivity index (χ2v) is 21.3. The third kappa shape index (κ3) is 9.39. The number of cyclic esters (lactones) is 1. The summed E-state index contributed by atoms with van der Waals surface area (Å²) in [6.07, 6.45) is -11.3. The Balaban J connectivity index is 0.000000171. The van der Waals surface area contributed by atoms with Crippen LogP contribution < -0.4 is 29.4 Å². The van der Waals surface area contributed by atoms with Crippen molar-refractivity contribution < 1.29 is 112 Å². The zero-order valence-corrected chi connectivity index (χ0v) is 44.9. The number of aliphatic hydroxyl groups excluding tert-OH is 3. The Bertz CT molecular complexity index is 3140. The van der Waals surface area contributed by atoms with Gasteiger partial charge in [-0.1, -0.05) is 19.1 Å². The van der Waals surface area contributed by atoms with Crippen LogP contribution in [-0.2, 0) is 49.2 Å². The van der Waals surface area contributed by atoms with Crippen molar-refractivity contribution >= 4 is 23.3 Å². The van der Waals surface area contributed by atoms with E-state index in [4.69, 9.17) is 62.6 Å². The molecule has 24 nitrogen and oxygen atoms in total. The number of Topliss-reactive ketones (excluding diaryl/α,β-unsaturated/α-hetero) is 1. The van der Waals surface area contributed by atoms with Crippen molar-refractivity contribution in [3.8, 4) is 46.0 Å². The molecular weight excluding hydrogens is 1070 g/mol. The lowest BCUT2D eigenvalue weighted by atomic mass is 9.66. The van der Waals surface area contributed by atoms with Gasteiger partial charge < -0.3 is 98.3 Å². The van der Waals surface area contributed by atoms with Crippen LogP contribution in [0, 0.1) is 11.8 Å². The second-order valence-electron chi connectivity index (χ2n) is 21.3. The van der Waals surface area contributed by atoms with E-state index in [1.807, 2.05) is 0 Å². The first kappa shape index (κ1) is 56.2. The fourth-order valence-corrected chi connectivity index (χ4v) is 12.7. The van der Waals surface area contributed by atoms with Crippen molar-refractivity contribution in [2.45, 2.75) is 132 Å². The molecule has 0 radical (unpaired) electrons. The summed E-state index contributed by atoms with van der Waals surface area (Å²) in [5.74, 6) is -4.09. The lowest BCUT2D eigenvalue weighted by Crippen LogP contribution is -2.63. The maximum Gasteiger partial charge on any atom is 0.310 e. The summed E-state index contributed by atoms with van der Waals surface area (Å²) in [5.41, 5.74) is 5.05. The summed E-state index contributed by atoms with van der Waals surface area (Å²) >= 11 is 0. The molecular formula is C57H63NO23. The van der Waals surface area contributed by atoms with Crippen LogP contribution in [0.2, 0.25) is 0 Å². The van der Waals surface area contributed by atoms with E-state index in [1.165, 1.54) is 39.5 Å². The van der Waals surface area contributed by atoms with E-state index in [1.54, 1.807) is 45.0 Å². The molecule has 24 heteroatoms. The topological polar surface area (TPSA) is 347 Å². The summed E-state index contributed by atoms with van der Waals surface area (Å²) < 4.78 is 68.7. The van der Waals surface area contributed by atoms with Crippen molar-refractivity contribution in [2.75, 3.05) is 41.3 Å². The number of methoxy groups -OCH3 is 3. The van der Waals surface area contributed by atoms with Gasteiger partial charge in [-0.15, -0.1) is 0 Å². The van der Waals surface area contributed by atoms with Gasteiger partial charge in [-0.05, 0) is 60.9 Å². The minimum absolute atomic E-state index is 0.0119. The average molecular weight is 1130 g/mol. The summed E-state index contributed by atoms with van der Waals surface area (Å²) in [7, 11) is 4.20. The summed E-state index contributed by atoms with van der Waals surface area (Å²) in [5, 5.41) is 77.0. The lowest BCUT2D eigenvalue weighted by Gasteiger charge is -2.47. The number of aromatic hydroxyl groups is 3. The smallest absolute Gasteiger partial charge is 0.310 e. The molecule has 0 spiro atoms. The number of carbonyl (C=O) groups excluding carboxylic acids is 4. The molecule has 9 N–H and O–H groups in total. The number of rotatable bonds is 10. The van der Waals surface area contributed by atoms with Gasteiger partial charge in [-0.25, -0.2) is 0 Å². The van der Waals surface area contributed by atoms with Gasteiger partial charge in [0, 0.05) is 60.3 Å². The van der Waals surface area contributed by atoms with E-state index in [0.717, 1.165) is 0 Å². The molecule has 16 atom stereocenters. The number of hydrogen-bond donors (Lipinski definition) is 8. The van der Waals surface area contributed by atoms with Gasteiger partial charge >= 0.3 is 5.97 Å². The molecule has 12 rings (SSSR count). The van der Waals surface area contributed by atoms with Crippen LogP contribution >= 0.6 is 0 Å². The highest BCUT2D eigenvalue weighted by Gasteiger charge is 2.57. The fraction of sp³-hybridized carbons (Fsp3) is 0.509. The van der Waals surface area contributed by atoms with Crippen molar-refractivity contribution in [3.05, 3.63) is 92.5 Å². The van der Waals surface area contributed by atoms with E-state index in [9.17, 15) is 54.9 Å².